The molecule has 0 aliphatic rings. The second kappa shape index (κ2) is 7.12. The van der Waals surface area contributed by atoms with E-state index in [0.717, 1.165) is 16.8 Å². The van der Waals surface area contributed by atoms with Crippen LogP contribution < -0.4 is 10.2 Å². The van der Waals surface area contributed by atoms with Gasteiger partial charge in [0.2, 0.25) is 0 Å². The van der Waals surface area contributed by atoms with Crippen LogP contribution in [0.5, 0.6) is 0 Å². The molecule has 0 atom stereocenters. The minimum absolute atomic E-state index is 0.0161. The number of benzene rings is 1. The number of fused-ring (bicyclic) bond motifs is 1. The van der Waals surface area contributed by atoms with Crippen molar-refractivity contribution in [1.82, 2.24) is 9.97 Å². The van der Waals surface area contributed by atoms with E-state index in [1.54, 1.807) is 18.2 Å². The van der Waals surface area contributed by atoms with Gasteiger partial charge in [0, 0.05) is 19.8 Å². The fourth-order valence-corrected chi connectivity index (χ4v) is 3.25. The second-order valence-electron chi connectivity index (χ2n) is 5.86. The Balaban J connectivity index is 1.91. The number of amides is 1. The fraction of sp³-hybridized carbons (Fsp3) is 0.235. The van der Waals surface area contributed by atoms with Crippen molar-refractivity contribution in [2.24, 2.45) is 0 Å². The van der Waals surface area contributed by atoms with Crippen molar-refractivity contribution in [1.29, 1.82) is 0 Å². The van der Waals surface area contributed by atoms with Crippen molar-refractivity contribution in [3.63, 3.8) is 0 Å². The van der Waals surface area contributed by atoms with Crippen LogP contribution >= 0.6 is 11.3 Å². The number of carbonyl (C=O) groups excluding carboxylic acids is 1. The Morgan fingerprint density at radius 3 is 2.59 bits per heavy atom. The topological polar surface area (TPSA) is 78.4 Å². The van der Waals surface area contributed by atoms with E-state index >= 15 is 0 Å². The standard InChI is InChI=1S/C17H15F3N4O2S/c1-24(2)15-10(4-6-13(23-15)17(18,19)20)16(26)21-9-3-5-12-11(7-9)22-14(8-25)27-12/h3-7,25H,8H2,1-2H3,(H,21,26). The molecule has 3 rings (SSSR count). The van der Waals surface area contributed by atoms with Crippen molar-refractivity contribution < 1.29 is 23.1 Å². The van der Waals surface area contributed by atoms with E-state index in [1.165, 1.54) is 30.3 Å². The average molecular weight is 396 g/mol. The number of aromatic nitrogens is 2. The maximum Gasteiger partial charge on any atom is 0.433 e. The van der Waals surface area contributed by atoms with Crippen LogP contribution in [-0.2, 0) is 12.8 Å². The molecule has 0 saturated heterocycles. The highest BCUT2D eigenvalue weighted by Crippen LogP contribution is 2.31. The van der Waals surface area contributed by atoms with Crippen molar-refractivity contribution >= 4 is 39.0 Å². The number of nitrogens with one attached hydrogen (secondary N) is 1. The van der Waals surface area contributed by atoms with E-state index in [1.807, 2.05) is 0 Å². The van der Waals surface area contributed by atoms with Gasteiger partial charge >= 0.3 is 6.18 Å². The molecule has 6 nitrogen and oxygen atoms in total. The summed E-state index contributed by atoms with van der Waals surface area (Å²) < 4.78 is 39.5. The number of hydrogen-bond donors (Lipinski definition) is 2. The van der Waals surface area contributed by atoms with Gasteiger partial charge in [-0.25, -0.2) is 9.97 Å². The molecule has 10 heteroatoms. The number of hydrogen-bond acceptors (Lipinski definition) is 6. The summed E-state index contributed by atoms with van der Waals surface area (Å²) in [6.07, 6.45) is -4.60. The van der Waals surface area contributed by atoms with Crippen LogP contribution in [0.25, 0.3) is 10.2 Å². The molecule has 0 aliphatic carbocycles. The van der Waals surface area contributed by atoms with E-state index in [2.05, 4.69) is 15.3 Å². The van der Waals surface area contributed by atoms with Crippen LogP contribution in [0, 0.1) is 0 Å². The predicted octanol–water partition coefficient (Wildman–Crippen LogP) is 3.52. The molecular formula is C17H15F3N4O2S. The maximum absolute atomic E-state index is 12.9. The lowest BCUT2D eigenvalue weighted by atomic mass is 10.2. The molecule has 0 bridgehead atoms. The highest BCUT2D eigenvalue weighted by atomic mass is 32.1. The Morgan fingerprint density at radius 2 is 1.96 bits per heavy atom. The van der Waals surface area contributed by atoms with E-state index in [9.17, 15) is 18.0 Å². The van der Waals surface area contributed by atoms with Gasteiger partial charge in [-0.05, 0) is 30.3 Å². The van der Waals surface area contributed by atoms with E-state index in [-0.39, 0.29) is 18.0 Å². The molecule has 142 valence electrons. The molecule has 0 radical (unpaired) electrons. The lowest BCUT2D eigenvalue weighted by Gasteiger charge is -2.18. The Hall–Kier alpha value is -2.72. The zero-order valence-corrected chi connectivity index (χ0v) is 15.1. The summed E-state index contributed by atoms with van der Waals surface area (Å²) in [5.41, 5.74) is -0.00211. The summed E-state index contributed by atoms with van der Waals surface area (Å²) in [6.45, 7) is -0.176. The van der Waals surface area contributed by atoms with Gasteiger partial charge < -0.3 is 15.3 Å². The average Bonchev–Trinajstić information content (AvgIpc) is 3.02. The molecule has 2 N–H and O–H groups in total. The highest BCUT2D eigenvalue weighted by Gasteiger charge is 2.33. The SMILES string of the molecule is CN(C)c1nc(C(F)(F)F)ccc1C(=O)Nc1ccc2sc(CO)nc2c1. The first kappa shape index (κ1) is 19.1. The molecule has 0 aliphatic heterocycles. The van der Waals surface area contributed by atoms with Crippen molar-refractivity contribution in [3.8, 4) is 0 Å². The van der Waals surface area contributed by atoms with Crippen LogP contribution in [0.1, 0.15) is 21.1 Å². The van der Waals surface area contributed by atoms with Crippen LogP contribution in [0.2, 0.25) is 0 Å². The van der Waals surface area contributed by atoms with Gasteiger partial charge in [0.05, 0.1) is 22.4 Å². The number of anilines is 2. The first-order valence-electron chi connectivity index (χ1n) is 7.76. The van der Waals surface area contributed by atoms with Crippen LogP contribution in [-0.4, -0.2) is 35.1 Å². The summed E-state index contributed by atoms with van der Waals surface area (Å²) in [4.78, 5) is 21.7. The highest BCUT2D eigenvalue weighted by molar-refractivity contribution is 7.18. The van der Waals surface area contributed by atoms with Crippen molar-refractivity contribution in [2.45, 2.75) is 12.8 Å². The van der Waals surface area contributed by atoms with Gasteiger partial charge in [-0.3, -0.25) is 4.79 Å². The zero-order chi connectivity index (χ0) is 19.8. The van der Waals surface area contributed by atoms with Crippen molar-refractivity contribution in [2.75, 3.05) is 24.3 Å². The largest absolute Gasteiger partial charge is 0.433 e. The Morgan fingerprint density at radius 1 is 1.22 bits per heavy atom. The minimum Gasteiger partial charge on any atom is -0.389 e. The van der Waals surface area contributed by atoms with Gasteiger partial charge in [-0.1, -0.05) is 0 Å². The molecule has 2 heterocycles. The predicted molar refractivity (Wildman–Crippen MR) is 97.1 cm³/mol. The Kier molecular flexibility index (Phi) is 5.03. The Labute approximate surface area is 156 Å². The molecule has 0 fully saturated rings. The summed E-state index contributed by atoms with van der Waals surface area (Å²) >= 11 is 1.33. The number of rotatable bonds is 4. The second-order valence-corrected chi connectivity index (χ2v) is 6.98. The number of aliphatic hydroxyl groups excluding tert-OH is 1. The molecule has 2 aromatic heterocycles. The lowest BCUT2D eigenvalue weighted by Crippen LogP contribution is -2.22. The first-order valence-corrected chi connectivity index (χ1v) is 8.58. The summed E-state index contributed by atoms with van der Waals surface area (Å²) in [5, 5.41) is 12.3. The van der Waals surface area contributed by atoms with E-state index < -0.39 is 17.8 Å². The molecular weight excluding hydrogens is 381 g/mol. The number of pyridine rings is 1. The number of alkyl halides is 3. The molecule has 0 spiro atoms. The van der Waals surface area contributed by atoms with Crippen LogP contribution in [0.4, 0.5) is 24.7 Å². The third-order valence-corrected chi connectivity index (χ3v) is 4.68. The molecule has 0 saturated carbocycles. The van der Waals surface area contributed by atoms with Gasteiger partial charge in [0.25, 0.3) is 5.91 Å². The summed E-state index contributed by atoms with van der Waals surface area (Å²) in [6, 6.07) is 6.92. The quantitative estimate of drug-likeness (QED) is 0.706. The first-order chi connectivity index (χ1) is 12.7. The molecule has 1 amide bonds. The smallest absolute Gasteiger partial charge is 0.389 e. The molecule has 27 heavy (non-hydrogen) atoms. The van der Waals surface area contributed by atoms with Crippen LogP contribution in [0.15, 0.2) is 30.3 Å². The zero-order valence-electron chi connectivity index (χ0n) is 14.3. The number of thiazole rings is 1. The molecule has 1 aromatic carbocycles. The number of aliphatic hydroxyl groups is 1. The monoisotopic (exact) mass is 396 g/mol. The van der Waals surface area contributed by atoms with E-state index in [0.29, 0.717) is 16.2 Å². The van der Waals surface area contributed by atoms with Gasteiger partial charge in [0.15, 0.2) is 0 Å². The Bertz CT molecular complexity index is 1000. The maximum atomic E-state index is 12.9. The minimum atomic E-state index is -4.60. The third-order valence-electron chi connectivity index (χ3n) is 3.66. The molecule has 3 aromatic rings. The summed E-state index contributed by atoms with van der Waals surface area (Å²) in [7, 11) is 3.02. The van der Waals surface area contributed by atoms with Crippen molar-refractivity contribution in [3.05, 3.63) is 46.6 Å². The van der Waals surface area contributed by atoms with Gasteiger partial charge in [0.1, 0.15) is 16.5 Å². The fourth-order valence-electron chi connectivity index (χ4n) is 2.44. The number of nitrogens with zero attached hydrogens (tertiary/aromatic N) is 3. The third kappa shape index (κ3) is 4.01. The lowest BCUT2D eigenvalue weighted by molar-refractivity contribution is -0.141. The van der Waals surface area contributed by atoms with Gasteiger partial charge in [-0.15, -0.1) is 11.3 Å². The van der Waals surface area contributed by atoms with Gasteiger partial charge in [-0.2, -0.15) is 13.2 Å². The number of carbonyl (C=O) groups is 1. The summed E-state index contributed by atoms with van der Waals surface area (Å²) in [5.74, 6) is -0.670. The number of halogens is 3. The van der Waals surface area contributed by atoms with Crippen LogP contribution in [0.3, 0.4) is 0 Å². The van der Waals surface area contributed by atoms with E-state index in [4.69, 9.17) is 5.11 Å². The molecule has 0 unspecified atom stereocenters. The normalized spacial score (nSPS) is 11.6.